The van der Waals surface area contributed by atoms with E-state index in [2.05, 4.69) is 4.90 Å². The number of carbonyl (C=O) groups excluding carboxylic acids is 2. The Morgan fingerprint density at radius 1 is 0.808 bits per heavy atom. The molecule has 0 aromatic heterocycles. The molecule has 1 spiro atoms. The number of amides is 2. The molecule has 2 amide bonds. The molecular weight excluding hydrogens is 328 g/mol. The second-order valence-corrected chi connectivity index (χ2v) is 9.07. The van der Waals surface area contributed by atoms with Gasteiger partial charge in [0.15, 0.2) is 0 Å². The molecule has 4 rings (SSSR count). The van der Waals surface area contributed by atoms with E-state index in [-0.39, 0.29) is 17.3 Å². The molecular formula is C21H34N2O3. The van der Waals surface area contributed by atoms with Gasteiger partial charge in [-0.3, -0.25) is 9.59 Å². The van der Waals surface area contributed by atoms with E-state index in [1.165, 1.54) is 25.7 Å². The Bertz CT molecular complexity index is 539. The van der Waals surface area contributed by atoms with Gasteiger partial charge in [-0.25, -0.2) is 0 Å². The average molecular weight is 363 g/mol. The molecule has 2 saturated heterocycles. The van der Waals surface area contributed by atoms with Crippen LogP contribution in [0.4, 0.5) is 0 Å². The molecule has 26 heavy (non-hydrogen) atoms. The Balaban J connectivity index is 1.32. The molecule has 0 unspecified atom stereocenters. The van der Waals surface area contributed by atoms with Crippen molar-refractivity contribution in [2.45, 2.75) is 70.3 Å². The first kappa shape index (κ1) is 18.3. The van der Waals surface area contributed by atoms with Crippen molar-refractivity contribution in [1.29, 1.82) is 0 Å². The second kappa shape index (κ2) is 7.49. The monoisotopic (exact) mass is 362 g/mol. The van der Waals surface area contributed by atoms with Crippen LogP contribution in [0.2, 0.25) is 0 Å². The quantitative estimate of drug-likeness (QED) is 0.776. The van der Waals surface area contributed by atoms with E-state index >= 15 is 0 Å². The number of ether oxygens (including phenoxy) is 1. The van der Waals surface area contributed by atoms with Crippen molar-refractivity contribution < 1.29 is 14.3 Å². The standard InChI is InChI=1S/C21H34N2O3/c1-26-18-7-3-10-21(18)11-4-12-23(15-21)20(25)17-8-13-22(14-9-17)19(24)16-5-2-6-16/h16-18H,2-15H2,1H3/t18-,21-/m1/s1. The van der Waals surface area contributed by atoms with E-state index in [4.69, 9.17) is 4.74 Å². The summed E-state index contributed by atoms with van der Waals surface area (Å²) in [7, 11) is 1.83. The molecule has 2 heterocycles. The summed E-state index contributed by atoms with van der Waals surface area (Å²) < 4.78 is 5.77. The van der Waals surface area contributed by atoms with Gasteiger partial charge in [-0.2, -0.15) is 0 Å². The van der Waals surface area contributed by atoms with Gasteiger partial charge >= 0.3 is 0 Å². The lowest BCUT2D eigenvalue weighted by molar-refractivity contribution is -0.147. The minimum atomic E-state index is 0.109. The van der Waals surface area contributed by atoms with Crippen LogP contribution in [-0.4, -0.2) is 61.0 Å². The summed E-state index contributed by atoms with van der Waals surface area (Å²) in [5.74, 6) is 1.06. The Kier molecular flexibility index (Phi) is 5.27. The molecule has 146 valence electrons. The highest BCUT2D eigenvalue weighted by molar-refractivity contribution is 5.81. The van der Waals surface area contributed by atoms with Gasteiger partial charge in [0.05, 0.1) is 6.10 Å². The molecule has 5 nitrogen and oxygen atoms in total. The van der Waals surface area contributed by atoms with Crippen molar-refractivity contribution in [2.24, 2.45) is 17.3 Å². The van der Waals surface area contributed by atoms with Gasteiger partial charge in [-0.05, 0) is 51.4 Å². The molecule has 0 bridgehead atoms. The molecule has 2 atom stereocenters. The Morgan fingerprint density at radius 2 is 1.46 bits per heavy atom. The molecule has 2 aliphatic heterocycles. The van der Waals surface area contributed by atoms with Crippen molar-refractivity contribution in [3.63, 3.8) is 0 Å². The van der Waals surface area contributed by atoms with Crippen LogP contribution in [0.1, 0.15) is 64.2 Å². The normalized spacial score (nSPS) is 33.5. The lowest BCUT2D eigenvalue weighted by atomic mass is 9.76. The van der Waals surface area contributed by atoms with Crippen molar-refractivity contribution >= 4 is 11.8 Å². The molecule has 0 N–H and O–H groups in total. The summed E-state index contributed by atoms with van der Waals surface area (Å²) in [4.78, 5) is 29.7. The number of nitrogens with zero attached hydrogens (tertiary/aromatic N) is 2. The van der Waals surface area contributed by atoms with Gasteiger partial charge in [0.2, 0.25) is 11.8 Å². The number of piperidine rings is 2. The van der Waals surface area contributed by atoms with E-state index in [9.17, 15) is 9.59 Å². The Hall–Kier alpha value is -1.10. The van der Waals surface area contributed by atoms with Crippen LogP contribution in [0.3, 0.4) is 0 Å². The molecule has 4 fully saturated rings. The predicted octanol–water partition coefficient (Wildman–Crippen LogP) is 2.83. The van der Waals surface area contributed by atoms with E-state index in [1.807, 2.05) is 12.0 Å². The van der Waals surface area contributed by atoms with E-state index in [0.29, 0.717) is 17.9 Å². The highest BCUT2D eigenvalue weighted by Crippen LogP contribution is 2.46. The van der Waals surface area contributed by atoms with E-state index in [0.717, 1.165) is 64.7 Å². The van der Waals surface area contributed by atoms with Gasteiger partial charge < -0.3 is 14.5 Å². The maximum absolute atomic E-state index is 13.1. The zero-order valence-electron chi connectivity index (χ0n) is 16.3. The van der Waals surface area contributed by atoms with Gasteiger partial charge in [0.1, 0.15) is 0 Å². The number of likely N-dealkylation sites (tertiary alicyclic amines) is 2. The molecule has 2 aliphatic carbocycles. The van der Waals surface area contributed by atoms with Crippen LogP contribution in [0.25, 0.3) is 0 Å². The van der Waals surface area contributed by atoms with Gasteiger partial charge in [-0.15, -0.1) is 0 Å². The minimum Gasteiger partial charge on any atom is -0.381 e. The maximum Gasteiger partial charge on any atom is 0.225 e. The highest BCUT2D eigenvalue weighted by Gasteiger charge is 2.47. The number of carbonyl (C=O) groups is 2. The Labute approximate surface area is 157 Å². The zero-order valence-corrected chi connectivity index (χ0v) is 16.3. The van der Waals surface area contributed by atoms with E-state index < -0.39 is 0 Å². The van der Waals surface area contributed by atoms with Crippen molar-refractivity contribution in [1.82, 2.24) is 9.80 Å². The van der Waals surface area contributed by atoms with Crippen molar-refractivity contribution in [3.05, 3.63) is 0 Å². The fourth-order valence-electron chi connectivity index (χ4n) is 5.81. The fraction of sp³-hybridized carbons (Fsp3) is 0.905. The third-order valence-corrected chi connectivity index (χ3v) is 7.64. The first-order valence-corrected chi connectivity index (χ1v) is 10.7. The summed E-state index contributed by atoms with van der Waals surface area (Å²) in [6, 6.07) is 0. The van der Waals surface area contributed by atoms with Crippen molar-refractivity contribution in [3.8, 4) is 0 Å². The number of hydrogen-bond acceptors (Lipinski definition) is 3. The molecule has 0 aromatic rings. The highest BCUT2D eigenvalue weighted by atomic mass is 16.5. The molecule has 0 radical (unpaired) electrons. The van der Waals surface area contributed by atoms with Gasteiger partial charge in [-0.1, -0.05) is 12.8 Å². The molecule has 2 saturated carbocycles. The van der Waals surface area contributed by atoms with Crippen LogP contribution in [0.15, 0.2) is 0 Å². The van der Waals surface area contributed by atoms with Gasteiger partial charge in [0, 0.05) is 50.5 Å². The third-order valence-electron chi connectivity index (χ3n) is 7.64. The van der Waals surface area contributed by atoms with Crippen LogP contribution in [0.5, 0.6) is 0 Å². The largest absolute Gasteiger partial charge is 0.381 e. The van der Waals surface area contributed by atoms with Crippen LogP contribution in [0, 0.1) is 17.3 Å². The first-order valence-electron chi connectivity index (χ1n) is 10.7. The smallest absolute Gasteiger partial charge is 0.225 e. The summed E-state index contributed by atoms with van der Waals surface area (Å²) in [5.41, 5.74) is 0.198. The minimum absolute atomic E-state index is 0.109. The maximum atomic E-state index is 13.1. The van der Waals surface area contributed by atoms with Crippen LogP contribution in [-0.2, 0) is 14.3 Å². The summed E-state index contributed by atoms with van der Waals surface area (Å²) >= 11 is 0. The predicted molar refractivity (Wildman–Crippen MR) is 99.5 cm³/mol. The molecule has 0 aromatic carbocycles. The molecule has 5 heteroatoms. The summed E-state index contributed by atoms with van der Waals surface area (Å²) in [5, 5.41) is 0. The van der Waals surface area contributed by atoms with E-state index in [1.54, 1.807) is 0 Å². The number of methoxy groups -OCH3 is 1. The SMILES string of the molecule is CO[C@@H]1CCC[C@]12CCCN(C(=O)C1CCN(C(=O)C3CCC3)CC1)C2. The lowest BCUT2D eigenvalue weighted by Crippen LogP contribution is -2.53. The zero-order chi connectivity index (χ0) is 18.1. The number of hydrogen-bond donors (Lipinski definition) is 0. The number of rotatable bonds is 3. The topological polar surface area (TPSA) is 49.9 Å². The van der Waals surface area contributed by atoms with Crippen LogP contribution >= 0.6 is 0 Å². The van der Waals surface area contributed by atoms with Crippen molar-refractivity contribution in [2.75, 3.05) is 33.3 Å². The van der Waals surface area contributed by atoms with Crippen LogP contribution < -0.4 is 0 Å². The summed E-state index contributed by atoms with van der Waals surface area (Å²) in [6.07, 6.45) is 11.2. The average Bonchev–Trinajstić information content (AvgIpc) is 3.01. The van der Waals surface area contributed by atoms with Gasteiger partial charge in [0.25, 0.3) is 0 Å². The second-order valence-electron chi connectivity index (χ2n) is 9.07. The lowest BCUT2D eigenvalue weighted by Gasteiger charge is -2.45. The fourth-order valence-corrected chi connectivity index (χ4v) is 5.81. The Morgan fingerprint density at radius 3 is 2.12 bits per heavy atom. The third kappa shape index (κ3) is 3.28. The molecule has 4 aliphatic rings. The first-order chi connectivity index (χ1) is 12.6. The summed E-state index contributed by atoms with van der Waals surface area (Å²) in [6.45, 7) is 3.32.